The highest BCUT2D eigenvalue weighted by atomic mass is 35.5. The van der Waals surface area contributed by atoms with Crippen molar-refractivity contribution in [3.63, 3.8) is 0 Å². The fourth-order valence-corrected chi connectivity index (χ4v) is 5.02. The zero-order valence-corrected chi connectivity index (χ0v) is 20.2. The van der Waals surface area contributed by atoms with Gasteiger partial charge in [-0.05, 0) is 43.5 Å². The first-order valence-electron chi connectivity index (χ1n) is 10.6. The minimum absolute atomic E-state index is 0.184. The first kappa shape index (κ1) is 23.2. The van der Waals surface area contributed by atoms with Crippen LogP contribution in [0.1, 0.15) is 48.2 Å². The molecule has 0 aliphatic carbocycles. The maximum Gasteiger partial charge on any atom is 0.187 e. The first-order chi connectivity index (χ1) is 15.0. The topological polar surface area (TPSA) is 25.4 Å². The Morgan fingerprint density at radius 3 is 2.61 bits per heavy atom. The molecule has 0 radical (unpaired) electrons. The number of methoxy groups -OCH3 is 1. The summed E-state index contributed by atoms with van der Waals surface area (Å²) in [6, 6.07) is 14.7. The molecule has 0 bridgehead atoms. The van der Waals surface area contributed by atoms with E-state index in [1.807, 2.05) is 25.1 Å². The summed E-state index contributed by atoms with van der Waals surface area (Å²) in [4.78, 5) is 8.41. The molecule has 0 fully saturated rings. The van der Waals surface area contributed by atoms with E-state index in [4.69, 9.17) is 27.7 Å². The molecule has 0 amide bonds. The van der Waals surface area contributed by atoms with Crippen LogP contribution < -0.4 is 9.64 Å². The average Bonchev–Trinajstić information content (AvgIpc) is 3.16. The number of halogens is 1. The third-order valence-electron chi connectivity index (χ3n) is 5.42. The lowest BCUT2D eigenvalue weighted by atomic mass is 10.00. The van der Waals surface area contributed by atoms with Gasteiger partial charge in [-0.2, -0.15) is 0 Å². The van der Waals surface area contributed by atoms with Crippen LogP contribution in [0, 0.1) is 26.2 Å². The Kier molecular flexibility index (Phi) is 8.01. The van der Waals surface area contributed by atoms with Crippen molar-refractivity contribution in [1.29, 1.82) is 0 Å². The summed E-state index contributed by atoms with van der Waals surface area (Å²) in [5, 5.41) is 1.57. The van der Waals surface area contributed by atoms with Crippen LogP contribution in [0.5, 0.6) is 5.75 Å². The second-order valence-corrected chi connectivity index (χ2v) is 9.19. The zero-order valence-electron chi connectivity index (χ0n) is 18.6. The Labute approximate surface area is 195 Å². The highest BCUT2D eigenvalue weighted by molar-refractivity contribution is 7.16. The number of benzene rings is 2. The van der Waals surface area contributed by atoms with Crippen molar-refractivity contribution in [2.45, 2.75) is 46.1 Å². The fourth-order valence-electron chi connectivity index (χ4n) is 3.80. The quantitative estimate of drug-likeness (QED) is 0.315. The summed E-state index contributed by atoms with van der Waals surface area (Å²) in [7, 11) is 1.66. The van der Waals surface area contributed by atoms with E-state index in [-0.39, 0.29) is 6.04 Å². The van der Waals surface area contributed by atoms with E-state index in [9.17, 15) is 0 Å². The van der Waals surface area contributed by atoms with E-state index in [0.29, 0.717) is 11.6 Å². The molecule has 1 aromatic heterocycles. The van der Waals surface area contributed by atoms with Crippen LogP contribution in [0.3, 0.4) is 0 Å². The van der Waals surface area contributed by atoms with E-state index < -0.39 is 0 Å². The lowest BCUT2D eigenvalue weighted by molar-refractivity contribution is 0.412. The van der Waals surface area contributed by atoms with Crippen molar-refractivity contribution >= 4 is 28.1 Å². The summed E-state index contributed by atoms with van der Waals surface area (Å²) in [6.45, 7) is 6.82. The smallest absolute Gasteiger partial charge is 0.187 e. The lowest BCUT2D eigenvalue weighted by Crippen LogP contribution is -2.29. The Hall–Kier alpha value is -2.48. The van der Waals surface area contributed by atoms with Crippen LogP contribution in [0.15, 0.2) is 42.5 Å². The largest absolute Gasteiger partial charge is 0.496 e. The van der Waals surface area contributed by atoms with E-state index >= 15 is 0 Å². The van der Waals surface area contributed by atoms with Crippen LogP contribution in [-0.4, -0.2) is 18.6 Å². The van der Waals surface area contributed by atoms with Crippen LogP contribution in [0.2, 0.25) is 5.02 Å². The van der Waals surface area contributed by atoms with Crippen LogP contribution >= 0.6 is 22.9 Å². The molecule has 0 aliphatic rings. The number of nitrogens with zero attached hydrogens (tertiary/aromatic N) is 2. The number of hydrogen-bond acceptors (Lipinski definition) is 4. The standard InChI is InChI=1S/C26H29ClN2OS/c1-6-8-14-23(20-12-10-9-11-13-20)29(15-7-2)26-28-25(19(4)31-26)21-16-18(3)24(30-5)17-22(21)27/h2,9-13,16-17,23H,6,8,14-15H2,1,3-5H3/t23-/m0/s1. The van der Waals surface area contributed by atoms with Gasteiger partial charge >= 0.3 is 0 Å². The highest BCUT2D eigenvalue weighted by Crippen LogP contribution is 2.41. The van der Waals surface area contributed by atoms with Gasteiger partial charge in [0.05, 0.1) is 30.4 Å². The Morgan fingerprint density at radius 2 is 1.97 bits per heavy atom. The molecule has 0 spiro atoms. The normalized spacial score (nSPS) is 11.7. The molecule has 31 heavy (non-hydrogen) atoms. The molecule has 0 aliphatic heterocycles. The van der Waals surface area contributed by atoms with Crippen molar-refractivity contribution in [2.24, 2.45) is 0 Å². The lowest BCUT2D eigenvalue weighted by Gasteiger charge is -2.30. The monoisotopic (exact) mass is 452 g/mol. The van der Waals surface area contributed by atoms with Crippen molar-refractivity contribution in [1.82, 2.24) is 4.98 Å². The van der Waals surface area contributed by atoms with Gasteiger partial charge in [0.25, 0.3) is 0 Å². The number of rotatable bonds is 9. The fraction of sp³-hybridized carbons (Fsp3) is 0.346. The van der Waals surface area contributed by atoms with Gasteiger partial charge in [-0.25, -0.2) is 4.98 Å². The Bertz CT molecular complexity index is 1060. The summed E-state index contributed by atoms with van der Waals surface area (Å²) in [5.41, 5.74) is 4.12. The number of terminal acetylenes is 1. The molecule has 3 nitrogen and oxygen atoms in total. The molecule has 0 saturated heterocycles. The molecule has 3 rings (SSSR count). The van der Waals surface area contributed by atoms with Gasteiger partial charge in [0.2, 0.25) is 0 Å². The third kappa shape index (κ3) is 5.23. The molecule has 0 saturated carbocycles. The van der Waals surface area contributed by atoms with E-state index in [1.165, 1.54) is 5.56 Å². The molecule has 2 aromatic carbocycles. The molecular weight excluding hydrogens is 424 g/mol. The van der Waals surface area contributed by atoms with Gasteiger partial charge < -0.3 is 9.64 Å². The van der Waals surface area contributed by atoms with Gasteiger partial charge in [-0.3, -0.25) is 0 Å². The molecule has 5 heteroatoms. The maximum absolute atomic E-state index is 6.60. The van der Waals surface area contributed by atoms with Crippen LogP contribution in [0.25, 0.3) is 11.3 Å². The molecule has 0 N–H and O–H groups in total. The number of thiazole rings is 1. The minimum Gasteiger partial charge on any atom is -0.496 e. The summed E-state index contributed by atoms with van der Waals surface area (Å²) in [5.74, 6) is 3.62. The molecule has 1 heterocycles. The number of anilines is 1. The summed E-state index contributed by atoms with van der Waals surface area (Å²) in [6.07, 6.45) is 9.08. The molecule has 0 unspecified atom stereocenters. The minimum atomic E-state index is 0.184. The molecule has 162 valence electrons. The predicted molar refractivity (Wildman–Crippen MR) is 133 cm³/mol. The van der Waals surface area contributed by atoms with Gasteiger partial charge in [0, 0.05) is 10.4 Å². The number of hydrogen-bond donors (Lipinski definition) is 0. The number of ether oxygens (including phenoxy) is 1. The molecule has 1 atom stereocenters. The van der Waals surface area contributed by atoms with E-state index in [2.05, 4.69) is 48.9 Å². The van der Waals surface area contributed by atoms with Gasteiger partial charge in [-0.1, -0.05) is 67.6 Å². The van der Waals surface area contributed by atoms with Gasteiger partial charge in [0.1, 0.15) is 5.75 Å². The summed E-state index contributed by atoms with van der Waals surface area (Å²) < 4.78 is 5.41. The second-order valence-electron chi connectivity index (χ2n) is 7.60. The SMILES string of the molecule is C#CCN(c1nc(-c2cc(C)c(OC)cc2Cl)c(C)s1)[C@@H](CCCC)c1ccccc1. The van der Waals surface area contributed by atoms with Crippen molar-refractivity contribution in [3.05, 3.63) is 63.5 Å². The number of aryl methyl sites for hydroxylation is 2. The van der Waals surface area contributed by atoms with Crippen molar-refractivity contribution in [2.75, 3.05) is 18.6 Å². The average molecular weight is 453 g/mol. The Morgan fingerprint density at radius 1 is 1.23 bits per heavy atom. The van der Waals surface area contributed by atoms with Gasteiger partial charge in [0.15, 0.2) is 5.13 Å². The van der Waals surface area contributed by atoms with Crippen LogP contribution in [-0.2, 0) is 0 Å². The maximum atomic E-state index is 6.60. The van der Waals surface area contributed by atoms with Gasteiger partial charge in [-0.15, -0.1) is 17.8 Å². The highest BCUT2D eigenvalue weighted by Gasteiger charge is 2.24. The number of unbranched alkanes of at least 4 members (excludes halogenated alkanes) is 1. The van der Waals surface area contributed by atoms with Crippen molar-refractivity contribution < 1.29 is 4.74 Å². The molecular formula is C26H29ClN2OS. The van der Waals surface area contributed by atoms with E-state index in [1.54, 1.807) is 18.4 Å². The van der Waals surface area contributed by atoms with Crippen LogP contribution in [0.4, 0.5) is 5.13 Å². The second kappa shape index (κ2) is 10.7. The van der Waals surface area contributed by atoms with E-state index in [0.717, 1.165) is 51.8 Å². The Balaban J connectivity index is 2.05. The summed E-state index contributed by atoms with van der Waals surface area (Å²) >= 11 is 8.27. The first-order valence-corrected chi connectivity index (χ1v) is 11.8. The molecule has 3 aromatic rings. The van der Waals surface area contributed by atoms with Crippen molar-refractivity contribution in [3.8, 4) is 29.4 Å². The predicted octanol–water partition coefficient (Wildman–Crippen LogP) is 7.46. The third-order valence-corrected chi connectivity index (χ3v) is 6.74. The zero-order chi connectivity index (χ0) is 22.4. The number of aromatic nitrogens is 1.